The second-order valence-electron chi connectivity index (χ2n) is 3.11. The fourth-order valence-corrected chi connectivity index (χ4v) is 2.15. The van der Waals surface area contributed by atoms with Crippen LogP contribution in [0.3, 0.4) is 0 Å². The summed E-state index contributed by atoms with van der Waals surface area (Å²) < 4.78 is 11.1. The van der Waals surface area contributed by atoms with Crippen molar-refractivity contribution >= 4 is 40.2 Å². The van der Waals surface area contributed by atoms with Crippen LogP contribution in [-0.4, -0.2) is 19.2 Å². The molecule has 88 valence electrons. The number of carbonyl (C=O) groups is 1. The van der Waals surface area contributed by atoms with Gasteiger partial charge < -0.3 is 9.47 Å². The molecule has 0 N–H and O–H groups in total. The highest BCUT2D eigenvalue weighted by molar-refractivity contribution is 14.1. The molecular weight excluding hydrogens is 342 g/mol. The second-order valence-corrected chi connectivity index (χ2v) is 4.71. The van der Waals surface area contributed by atoms with Crippen LogP contribution in [0.2, 0.25) is 5.02 Å². The Morgan fingerprint density at radius 1 is 1.56 bits per heavy atom. The van der Waals surface area contributed by atoms with Crippen molar-refractivity contribution in [3.8, 4) is 5.75 Å². The molecule has 0 bridgehead atoms. The predicted molar refractivity (Wildman–Crippen MR) is 70.9 cm³/mol. The van der Waals surface area contributed by atoms with Crippen LogP contribution in [0, 0.1) is 3.57 Å². The first-order valence-corrected chi connectivity index (χ1v) is 6.23. The Morgan fingerprint density at radius 2 is 2.25 bits per heavy atom. The van der Waals surface area contributed by atoms with E-state index in [9.17, 15) is 4.79 Å². The molecule has 0 spiro atoms. The lowest BCUT2D eigenvalue weighted by Crippen LogP contribution is -2.27. The fraction of sp³-hybridized carbons (Fsp3) is 0.364. The quantitative estimate of drug-likeness (QED) is 0.615. The maximum Gasteiger partial charge on any atom is 0.347 e. The van der Waals surface area contributed by atoms with Gasteiger partial charge in [0.15, 0.2) is 6.10 Å². The van der Waals surface area contributed by atoms with E-state index in [0.29, 0.717) is 17.2 Å². The Hall–Kier alpha value is -0.490. The highest BCUT2D eigenvalue weighted by Gasteiger charge is 2.19. The summed E-state index contributed by atoms with van der Waals surface area (Å²) >= 11 is 7.93. The summed E-state index contributed by atoms with van der Waals surface area (Å²) in [7, 11) is 1.35. The van der Waals surface area contributed by atoms with Gasteiger partial charge in [0.2, 0.25) is 0 Å². The molecule has 1 atom stereocenters. The van der Waals surface area contributed by atoms with E-state index < -0.39 is 6.10 Å². The van der Waals surface area contributed by atoms with E-state index in [0.717, 1.165) is 3.57 Å². The van der Waals surface area contributed by atoms with Gasteiger partial charge >= 0.3 is 5.97 Å². The van der Waals surface area contributed by atoms with Crippen molar-refractivity contribution in [3.63, 3.8) is 0 Å². The number of halogens is 2. The van der Waals surface area contributed by atoms with E-state index in [1.807, 2.05) is 6.92 Å². The molecular formula is C11H12ClIO3. The molecule has 16 heavy (non-hydrogen) atoms. The highest BCUT2D eigenvalue weighted by atomic mass is 127. The van der Waals surface area contributed by atoms with E-state index in [-0.39, 0.29) is 5.97 Å². The normalized spacial score (nSPS) is 12.0. The number of methoxy groups -OCH3 is 1. The molecule has 0 aliphatic carbocycles. The van der Waals surface area contributed by atoms with Crippen molar-refractivity contribution in [2.75, 3.05) is 7.11 Å². The van der Waals surface area contributed by atoms with Crippen LogP contribution in [0.15, 0.2) is 18.2 Å². The van der Waals surface area contributed by atoms with Gasteiger partial charge in [-0.15, -0.1) is 0 Å². The smallest absolute Gasteiger partial charge is 0.347 e. The number of ether oxygens (including phenoxy) is 2. The summed E-state index contributed by atoms with van der Waals surface area (Å²) in [5, 5.41) is 0.642. The summed E-state index contributed by atoms with van der Waals surface area (Å²) in [6.07, 6.45) is -0.00884. The van der Waals surface area contributed by atoms with Crippen molar-refractivity contribution in [2.45, 2.75) is 19.4 Å². The topological polar surface area (TPSA) is 35.5 Å². The molecule has 5 heteroatoms. The first-order chi connectivity index (χ1) is 7.58. The lowest BCUT2D eigenvalue weighted by atomic mass is 10.2. The zero-order valence-electron chi connectivity index (χ0n) is 9.00. The molecule has 0 amide bonds. The highest BCUT2D eigenvalue weighted by Crippen LogP contribution is 2.25. The third-order valence-corrected chi connectivity index (χ3v) is 3.08. The van der Waals surface area contributed by atoms with Crippen LogP contribution in [-0.2, 0) is 9.53 Å². The Balaban J connectivity index is 2.82. The standard InChI is InChI=1S/C11H12ClIO3/c1-3-9(11(14)15-2)16-10-5-4-7(12)6-8(10)13/h4-6,9H,3H2,1-2H3. The van der Waals surface area contributed by atoms with Gasteiger partial charge in [0.1, 0.15) is 5.75 Å². The lowest BCUT2D eigenvalue weighted by molar-refractivity contribution is -0.148. The molecule has 0 saturated heterocycles. The van der Waals surface area contributed by atoms with Crippen LogP contribution < -0.4 is 4.74 Å². The number of carbonyl (C=O) groups excluding carboxylic acids is 1. The van der Waals surface area contributed by atoms with Gasteiger partial charge in [0.05, 0.1) is 10.7 Å². The number of benzene rings is 1. The van der Waals surface area contributed by atoms with E-state index in [4.69, 9.17) is 16.3 Å². The van der Waals surface area contributed by atoms with Gasteiger partial charge in [0, 0.05) is 5.02 Å². The average molecular weight is 355 g/mol. The Labute approximate surface area is 113 Å². The Bertz CT molecular complexity index is 381. The minimum absolute atomic E-state index is 0.367. The molecule has 0 fully saturated rings. The Morgan fingerprint density at radius 3 is 2.75 bits per heavy atom. The minimum atomic E-state index is -0.570. The molecule has 0 aliphatic rings. The van der Waals surface area contributed by atoms with Crippen LogP contribution in [0.25, 0.3) is 0 Å². The molecule has 0 heterocycles. The van der Waals surface area contributed by atoms with Crippen LogP contribution in [0.4, 0.5) is 0 Å². The monoisotopic (exact) mass is 354 g/mol. The largest absolute Gasteiger partial charge is 0.478 e. The minimum Gasteiger partial charge on any atom is -0.478 e. The zero-order chi connectivity index (χ0) is 12.1. The summed E-state index contributed by atoms with van der Waals surface area (Å²) in [6, 6.07) is 5.25. The fourth-order valence-electron chi connectivity index (χ4n) is 1.15. The molecule has 1 aromatic carbocycles. The molecule has 0 saturated carbocycles. The Kier molecular flexibility index (Phi) is 5.34. The molecule has 3 nitrogen and oxygen atoms in total. The van der Waals surface area contributed by atoms with Crippen molar-refractivity contribution in [2.24, 2.45) is 0 Å². The predicted octanol–water partition coefficient (Wildman–Crippen LogP) is 3.28. The van der Waals surface area contributed by atoms with Gasteiger partial charge in [-0.3, -0.25) is 0 Å². The van der Waals surface area contributed by atoms with Gasteiger partial charge in [0.25, 0.3) is 0 Å². The summed E-state index contributed by atoms with van der Waals surface area (Å²) in [5.41, 5.74) is 0. The molecule has 1 unspecified atom stereocenters. The molecule has 0 aromatic heterocycles. The van der Waals surface area contributed by atoms with Crippen molar-refractivity contribution in [3.05, 3.63) is 26.8 Å². The summed E-state index contributed by atoms with van der Waals surface area (Å²) in [5.74, 6) is 0.274. The zero-order valence-corrected chi connectivity index (χ0v) is 11.9. The van der Waals surface area contributed by atoms with E-state index >= 15 is 0 Å². The van der Waals surface area contributed by atoms with E-state index in [1.54, 1.807) is 18.2 Å². The molecule has 1 rings (SSSR count). The lowest BCUT2D eigenvalue weighted by Gasteiger charge is -2.16. The maximum absolute atomic E-state index is 11.3. The molecule has 0 aliphatic heterocycles. The summed E-state index contributed by atoms with van der Waals surface area (Å²) in [6.45, 7) is 1.87. The van der Waals surface area contributed by atoms with Crippen LogP contribution >= 0.6 is 34.2 Å². The van der Waals surface area contributed by atoms with E-state index in [1.165, 1.54) is 7.11 Å². The third-order valence-electron chi connectivity index (χ3n) is 2.00. The van der Waals surface area contributed by atoms with Gasteiger partial charge in [-0.25, -0.2) is 4.79 Å². The van der Waals surface area contributed by atoms with Crippen molar-refractivity contribution < 1.29 is 14.3 Å². The number of esters is 1. The van der Waals surface area contributed by atoms with E-state index in [2.05, 4.69) is 27.3 Å². The molecule has 0 radical (unpaired) electrons. The maximum atomic E-state index is 11.3. The van der Waals surface area contributed by atoms with Gasteiger partial charge in [-0.05, 0) is 47.2 Å². The van der Waals surface area contributed by atoms with Crippen LogP contribution in [0.1, 0.15) is 13.3 Å². The van der Waals surface area contributed by atoms with Crippen LogP contribution in [0.5, 0.6) is 5.75 Å². The first kappa shape index (κ1) is 13.6. The summed E-state index contributed by atoms with van der Waals surface area (Å²) in [4.78, 5) is 11.3. The third kappa shape index (κ3) is 3.52. The molecule has 1 aromatic rings. The van der Waals surface area contributed by atoms with Crippen molar-refractivity contribution in [1.29, 1.82) is 0 Å². The van der Waals surface area contributed by atoms with Crippen molar-refractivity contribution in [1.82, 2.24) is 0 Å². The van der Waals surface area contributed by atoms with Gasteiger partial charge in [-0.1, -0.05) is 18.5 Å². The first-order valence-electron chi connectivity index (χ1n) is 4.78. The second kappa shape index (κ2) is 6.30. The average Bonchev–Trinajstić information content (AvgIpc) is 2.27. The number of hydrogen-bond acceptors (Lipinski definition) is 3. The SMILES string of the molecule is CCC(Oc1ccc(Cl)cc1I)C(=O)OC. The number of rotatable bonds is 4. The number of hydrogen-bond donors (Lipinski definition) is 0. The van der Waals surface area contributed by atoms with Gasteiger partial charge in [-0.2, -0.15) is 0 Å².